The fourth-order valence-electron chi connectivity index (χ4n) is 5.11. The van der Waals surface area contributed by atoms with Gasteiger partial charge in [0.05, 0.1) is 0 Å². The van der Waals surface area contributed by atoms with Gasteiger partial charge in [-0.05, 0) is 78.3 Å². The first-order valence-electron chi connectivity index (χ1n) is 11.4. The maximum Gasteiger partial charge on any atom is 0.213 e. The van der Waals surface area contributed by atoms with Crippen molar-refractivity contribution < 1.29 is 4.57 Å². The highest BCUT2D eigenvalue weighted by Gasteiger charge is 2.38. The molecule has 1 heteroatoms. The quantitative estimate of drug-likeness (QED) is 0.408. The standard InChI is InChI=1S/C29H36N/c1-8-30-19-24(22-12-10-9-11-13-22)21(3)17-27(30)23-18-26-25(16-20(23)2)28(4,5)14-15-29(26,6)7/h9-13,16-19H,8,14-15H2,1-7H3/q+1. The molecule has 0 amide bonds. The molecule has 0 spiro atoms. The Morgan fingerprint density at radius 1 is 0.767 bits per heavy atom. The van der Waals surface area contributed by atoms with Crippen LogP contribution in [-0.2, 0) is 17.4 Å². The third kappa shape index (κ3) is 3.49. The van der Waals surface area contributed by atoms with E-state index in [2.05, 4.69) is 108 Å². The van der Waals surface area contributed by atoms with Crippen molar-refractivity contribution in [2.24, 2.45) is 0 Å². The maximum atomic E-state index is 2.51. The van der Waals surface area contributed by atoms with Gasteiger partial charge in [-0.2, -0.15) is 4.57 Å². The van der Waals surface area contributed by atoms with Crippen molar-refractivity contribution in [2.45, 2.75) is 78.7 Å². The summed E-state index contributed by atoms with van der Waals surface area (Å²) in [5.41, 5.74) is 11.6. The molecule has 0 saturated carbocycles. The van der Waals surface area contributed by atoms with Gasteiger partial charge in [-0.3, -0.25) is 0 Å². The van der Waals surface area contributed by atoms with Gasteiger partial charge in [0.15, 0.2) is 6.20 Å². The topological polar surface area (TPSA) is 3.88 Å². The van der Waals surface area contributed by atoms with E-state index in [1.54, 1.807) is 5.56 Å². The number of aryl methyl sites for hydroxylation is 3. The first-order chi connectivity index (χ1) is 14.1. The Morgan fingerprint density at radius 3 is 1.93 bits per heavy atom. The second kappa shape index (κ2) is 7.38. The van der Waals surface area contributed by atoms with Crippen LogP contribution in [0.5, 0.6) is 0 Å². The number of fused-ring (bicyclic) bond motifs is 1. The lowest BCUT2D eigenvalue weighted by Gasteiger charge is -2.42. The molecule has 0 bridgehead atoms. The normalized spacial score (nSPS) is 16.9. The van der Waals surface area contributed by atoms with Gasteiger partial charge >= 0.3 is 0 Å². The van der Waals surface area contributed by atoms with Gasteiger partial charge in [-0.15, -0.1) is 0 Å². The molecule has 0 unspecified atom stereocenters. The number of hydrogen-bond acceptors (Lipinski definition) is 0. The Hall–Kier alpha value is -2.41. The lowest BCUT2D eigenvalue weighted by atomic mass is 9.62. The van der Waals surface area contributed by atoms with E-state index in [1.165, 1.54) is 51.9 Å². The first kappa shape index (κ1) is 20.8. The Labute approximate surface area is 182 Å². The van der Waals surface area contributed by atoms with Crippen molar-refractivity contribution in [2.75, 3.05) is 0 Å². The Kier molecular flexibility index (Phi) is 5.12. The van der Waals surface area contributed by atoms with Crippen molar-refractivity contribution in [1.29, 1.82) is 0 Å². The molecule has 0 radical (unpaired) electrons. The zero-order valence-corrected chi connectivity index (χ0v) is 19.8. The highest BCUT2D eigenvalue weighted by atomic mass is 14.9. The summed E-state index contributed by atoms with van der Waals surface area (Å²) in [6.07, 6.45) is 4.84. The van der Waals surface area contributed by atoms with Crippen molar-refractivity contribution in [1.82, 2.24) is 0 Å². The molecule has 3 aromatic rings. The minimum atomic E-state index is 0.226. The van der Waals surface area contributed by atoms with Gasteiger partial charge in [-0.25, -0.2) is 0 Å². The van der Waals surface area contributed by atoms with Gasteiger partial charge in [-0.1, -0.05) is 64.1 Å². The number of aromatic nitrogens is 1. The SMILES string of the molecule is CC[n+]1cc(-c2ccccc2)c(C)cc1-c1cc2c(cc1C)C(C)(C)CCC2(C)C. The molecule has 2 aromatic carbocycles. The molecule has 1 aliphatic carbocycles. The van der Waals surface area contributed by atoms with E-state index < -0.39 is 0 Å². The third-order valence-corrected chi connectivity index (χ3v) is 7.27. The summed E-state index contributed by atoms with van der Waals surface area (Å²) in [6.45, 7) is 17.4. The predicted octanol–water partition coefficient (Wildman–Crippen LogP) is 7.29. The average Bonchev–Trinajstić information content (AvgIpc) is 2.72. The molecular formula is C29H36N+. The Bertz CT molecular complexity index is 1090. The van der Waals surface area contributed by atoms with Crippen LogP contribution < -0.4 is 4.57 Å². The Morgan fingerprint density at radius 2 is 1.33 bits per heavy atom. The number of nitrogens with zero attached hydrogens (tertiary/aromatic N) is 1. The van der Waals surface area contributed by atoms with Crippen LogP contribution in [0.3, 0.4) is 0 Å². The van der Waals surface area contributed by atoms with Gasteiger partial charge in [0.25, 0.3) is 0 Å². The van der Waals surface area contributed by atoms with E-state index in [9.17, 15) is 0 Å². The van der Waals surface area contributed by atoms with E-state index in [0.29, 0.717) is 0 Å². The van der Waals surface area contributed by atoms with E-state index in [-0.39, 0.29) is 10.8 Å². The second-order valence-corrected chi connectivity index (χ2v) is 10.4. The summed E-state index contributed by atoms with van der Waals surface area (Å²) >= 11 is 0. The largest absolute Gasteiger partial charge is 0.213 e. The lowest BCUT2D eigenvalue weighted by molar-refractivity contribution is -0.682. The summed E-state index contributed by atoms with van der Waals surface area (Å²) in [7, 11) is 0. The zero-order chi connectivity index (χ0) is 21.7. The van der Waals surface area contributed by atoms with Crippen molar-refractivity contribution in [3.05, 3.63) is 77.0 Å². The molecule has 0 atom stereocenters. The minimum absolute atomic E-state index is 0.226. The number of pyridine rings is 1. The summed E-state index contributed by atoms with van der Waals surface area (Å²) in [6, 6.07) is 18.1. The number of hydrogen-bond donors (Lipinski definition) is 0. The highest BCUT2D eigenvalue weighted by molar-refractivity contribution is 5.71. The summed E-state index contributed by atoms with van der Waals surface area (Å²) < 4.78 is 2.42. The van der Waals surface area contributed by atoms with E-state index in [0.717, 1.165) is 6.54 Å². The molecule has 1 aromatic heterocycles. The zero-order valence-electron chi connectivity index (χ0n) is 19.8. The predicted molar refractivity (Wildman–Crippen MR) is 128 cm³/mol. The van der Waals surface area contributed by atoms with Crippen LogP contribution in [-0.4, -0.2) is 0 Å². The average molecular weight is 399 g/mol. The van der Waals surface area contributed by atoms with E-state index >= 15 is 0 Å². The molecule has 156 valence electrons. The van der Waals surface area contributed by atoms with Crippen LogP contribution >= 0.6 is 0 Å². The van der Waals surface area contributed by atoms with Gasteiger partial charge < -0.3 is 0 Å². The van der Waals surface area contributed by atoms with E-state index in [1.807, 2.05) is 0 Å². The van der Waals surface area contributed by atoms with Crippen molar-refractivity contribution in [3.8, 4) is 22.4 Å². The molecule has 0 fully saturated rings. The van der Waals surface area contributed by atoms with Crippen molar-refractivity contribution in [3.63, 3.8) is 0 Å². The van der Waals surface area contributed by atoms with Gasteiger partial charge in [0, 0.05) is 17.2 Å². The van der Waals surface area contributed by atoms with Crippen LogP contribution in [0.15, 0.2) is 54.7 Å². The van der Waals surface area contributed by atoms with Gasteiger partial charge in [0.2, 0.25) is 5.69 Å². The smallest absolute Gasteiger partial charge is 0.198 e. The number of rotatable bonds is 3. The number of benzene rings is 2. The summed E-state index contributed by atoms with van der Waals surface area (Å²) in [5, 5.41) is 0. The van der Waals surface area contributed by atoms with Crippen LogP contribution in [0.2, 0.25) is 0 Å². The maximum absolute atomic E-state index is 2.51. The van der Waals surface area contributed by atoms with Crippen LogP contribution in [0.4, 0.5) is 0 Å². The Balaban J connectivity index is 1.92. The fourth-order valence-corrected chi connectivity index (χ4v) is 5.11. The minimum Gasteiger partial charge on any atom is -0.198 e. The molecule has 30 heavy (non-hydrogen) atoms. The molecule has 1 heterocycles. The van der Waals surface area contributed by atoms with E-state index in [4.69, 9.17) is 0 Å². The molecule has 0 aliphatic heterocycles. The van der Waals surface area contributed by atoms with Crippen LogP contribution in [0.1, 0.15) is 69.7 Å². The molecule has 0 N–H and O–H groups in total. The van der Waals surface area contributed by atoms with Crippen LogP contribution in [0, 0.1) is 13.8 Å². The molecule has 4 rings (SSSR count). The van der Waals surface area contributed by atoms with Gasteiger partial charge in [0.1, 0.15) is 6.54 Å². The molecule has 0 saturated heterocycles. The highest BCUT2D eigenvalue weighted by Crippen LogP contribution is 2.47. The van der Waals surface area contributed by atoms with Crippen molar-refractivity contribution >= 4 is 0 Å². The first-order valence-corrected chi connectivity index (χ1v) is 11.4. The monoisotopic (exact) mass is 398 g/mol. The molecule has 1 aliphatic rings. The molecular weight excluding hydrogens is 362 g/mol. The fraction of sp³-hybridized carbons (Fsp3) is 0.414. The lowest BCUT2D eigenvalue weighted by Crippen LogP contribution is -2.36. The molecule has 1 nitrogen and oxygen atoms in total. The third-order valence-electron chi connectivity index (χ3n) is 7.27. The second-order valence-electron chi connectivity index (χ2n) is 10.4. The summed E-state index contributed by atoms with van der Waals surface area (Å²) in [5.74, 6) is 0. The summed E-state index contributed by atoms with van der Waals surface area (Å²) in [4.78, 5) is 0. The van der Waals surface area contributed by atoms with Crippen LogP contribution in [0.25, 0.3) is 22.4 Å².